The number of aromatic nitrogens is 1. The minimum Gasteiger partial charge on any atom is -0.368 e. The Morgan fingerprint density at radius 2 is 1.93 bits per heavy atom. The highest BCUT2D eigenvalue weighted by Gasteiger charge is 2.15. The molecule has 1 aromatic rings. The Morgan fingerprint density at radius 1 is 1.27 bits per heavy atom. The molecule has 4 heteroatoms. The van der Waals surface area contributed by atoms with Crippen LogP contribution in [0.4, 0.5) is 10.1 Å². The lowest BCUT2D eigenvalue weighted by atomic mass is 10.2. The molecule has 0 bridgehead atoms. The van der Waals surface area contributed by atoms with Gasteiger partial charge in [0.05, 0.1) is 17.6 Å². The maximum absolute atomic E-state index is 13.3. The van der Waals surface area contributed by atoms with Crippen LogP contribution in [-0.4, -0.2) is 43.1 Å². The number of nitrogens with zero attached hydrogens (tertiary/aromatic N) is 3. The van der Waals surface area contributed by atoms with Crippen LogP contribution in [0.25, 0.3) is 0 Å². The van der Waals surface area contributed by atoms with E-state index in [2.05, 4.69) is 21.8 Å². The Hall–Kier alpha value is -1.16. The zero-order chi connectivity index (χ0) is 10.8. The summed E-state index contributed by atoms with van der Waals surface area (Å²) in [6.07, 6.45) is 1.75. The molecule has 2 heterocycles. The van der Waals surface area contributed by atoms with Crippen LogP contribution in [0, 0.1) is 12.7 Å². The third-order valence-electron chi connectivity index (χ3n) is 2.88. The number of hydrogen-bond donors (Lipinski definition) is 0. The summed E-state index contributed by atoms with van der Waals surface area (Å²) in [5.41, 5.74) is 1.36. The third kappa shape index (κ3) is 2.26. The summed E-state index contributed by atoms with van der Waals surface area (Å²) < 4.78 is 13.3. The summed E-state index contributed by atoms with van der Waals surface area (Å²) in [6.45, 7) is 5.62. The molecule has 82 valence electrons. The summed E-state index contributed by atoms with van der Waals surface area (Å²) in [6, 6.07) is 1.58. The molecule has 0 amide bonds. The molecule has 0 atom stereocenters. The van der Waals surface area contributed by atoms with Crippen molar-refractivity contribution in [3.05, 3.63) is 23.8 Å². The van der Waals surface area contributed by atoms with Gasteiger partial charge in [0.2, 0.25) is 0 Å². The van der Waals surface area contributed by atoms with Gasteiger partial charge < -0.3 is 9.80 Å². The molecule has 15 heavy (non-hydrogen) atoms. The van der Waals surface area contributed by atoms with E-state index in [-0.39, 0.29) is 5.82 Å². The number of hydrogen-bond acceptors (Lipinski definition) is 3. The SMILES string of the molecule is Cc1ncc(N2CCN(C)CC2)cc1F. The number of piperazine rings is 1. The predicted octanol–water partition coefficient (Wildman–Crippen LogP) is 1.28. The molecule has 0 aliphatic carbocycles. The smallest absolute Gasteiger partial charge is 0.146 e. The molecular weight excluding hydrogens is 193 g/mol. The van der Waals surface area contributed by atoms with Crippen LogP contribution in [0.5, 0.6) is 0 Å². The monoisotopic (exact) mass is 209 g/mol. The summed E-state index contributed by atoms with van der Waals surface area (Å²) in [5, 5.41) is 0. The fraction of sp³-hybridized carbons (Fsp3) is 0.545. The van der Waals surface area contributed by atoms with Gasteiger partial charge in [-0.1, -0.05) is 0 Å². The fourth-order valence-electron chi connectivity index (χ4n) is 1.73. The Morgan fingerprint density at radius 3 is 2.53 bits per heavy atom. The second-order valence-electron chi connectivity index (χ2n) is 4.05. The second kappa shape index (κ2) is 4.14. The molecule has 1 aromatic heterocycles. The van der Waals surface area contributed by atoms with Crippen molar-refractivity contribution < 1.29 is 4.39 Å². The van der Waals surface area contributed by atoms with Crippen molar-refractivity contribution in [2.24, 2.45) is 0 Å². The van der Waals surface area contributed by atoms with Crippen LogP contribution >= 0.6 is 0 Å². The topological polar surface area (TPSA) is 19.4 Å². The molecule has 0 N–H and O–H groups in total. The fourth-order valence-corrected chi connectivity index (χ4v) is 1.73. The maximum Gasteiger partial charge on any atom is 0.146 e. The zero-order valence-corrected chi connectivity index (χ0v) is 9.20. The Kier molecular flexibility index (Phi) is 2.86. The summed E-state index contributed by atoms with van der Waals surface area (Å²) >= 11 is 0. The molecule has 2 rings (SSSR count). The normalized spacial score (nSPS) is 18.2. The van der Waals surface area contributed by atoms with Crippen molar-refractivity contribution in [2.75, 3.05) is 38.1 Å². The van der Waals surface area contributed by atoms with Crippen LogP contribution < -0.4 is 4.90 Å². The highest BCUT2D eigenvalue weighted by molar-refractivity contribution is 5.45. The van der Waals surface area contributed by atoms with E-state index >= 15 is 0 Å². The van der Waals surface area contributed by atoms with E-state index < -0.39 is 0 Å². The van der Waals surface area contributed by atoms with Gasteiger partial charge in [0.15, 0.2) is 0 Å². The number of rotatable bonds is 1. The van der Waals surface area contributed by atoms with Crippen molar-refractivity contribution >= 4 is 5.69 Å². The lowest BCUT2D eigenvalue weighted by molar-refractivity contribution is 0.312. The first-order valence-corrected chi connectivity index (χ1v) is 5.22. The second-order valence-corrected chi connectivity index (χ2v) is 4.05. The maximum atomic E-state index is 13.3. The van der Waals surface area contributed by atoms with Gasteiger partial charge in [-0.25, -0.2) is 4.39 Å². The van der Waals surface area contributed by atoms with E-state index in [1.54, 1.807) is 19.2 Å². The summed E-state index contributed by atoms with van der Waals surface area (Å²) in [4.78, 5) is 8.49. The van der Waals surface area contributed by atoms with Crippen LogP contribution in [-0.2, 0) is 0 Å². The molecule has 1 saturated heterocycles. The molecule has 0 radical (unpaired) electrons. The molecule has 1 aliphatic heterocycles. The molecule has 3 nitrogen and oxygen atoms in total. The van der Waals surface area contributed by atoms with Crippen molar-refractivity contribution in [1.82, 2.24) is 9.88 Å². The average molecular weight is 209 g/mol. The van der Waals surface area contributed by atoms with Crippen molar-refractivity contribution in [3.8, 4) is 0 Å². The number of pyridine rings is 1. The van der Waals surface area contributed by atoms with Crippen molar-refractivity contribution in [1.29, 1.82) is 0 Å². The Balaban J connectivity index is 2.12. The third-order valence-corrected chi connectivity index (χ3v) is 2.88. The number of aryl methyl sites for hydroxylation is 1. The van der Waals surface area contributed by atoms with E-state index in [0.29, 0.717) is 5.69 Å². The van der Waals surface area contributed by atoms with Gasteiger partial charge >= 0.3 is 0 Å². The first-order chi connectivity index (χ1) is 7.16. The lowest BCUT2D eigenvalue weighted by Gasteiger charge is -2.33. The van der Waals surface area contributed by atoms with Crippen LogP contribution in [0.1, 0.15) is 5.69 Å². The van der Waals surface area contributed by atoms with Gasteiger partial charge in [0.1, 0.15) is 5.82 Å². The first kappa shape index (κ1) is 10.4. The molecule has 1 fully saturated rings. The quantitative estimate of drug-likeness (QED) is 0.694. The minimum absolute atomic E-state index is 0.216. The van der Waals surface area contributed by atoms with E-state index in [1.165, 1.54) is 0 Å². The Labute approximate surface area is 89.5 Å². The van der Waals surface area contributed by atoms with E-state index in [4.69, 9.17) is 0 Å². The van der Waals surface area contributed by atoms with Crippen LogP contribution in [0.3, 0.4) is 0 Å². The molecule has 1 aliphatic rings. The number of likely N-dealkylation sites (N-methyl/N-ethyl adjacent to an activating group) is 1. The Bertz CT molecular complexity index is 346. The highest BCUT2D eigenvalue weighted by atomic mass is 19.1. The van der Waals surface area contributed by atoms with Gasteiger partial charge in [-0.15, -0.1) is 0 Å². The van der Waals surface area contributed by atoms with Crippen molar-refractivity contribution in [3.63, 3.8) is 0 Å². The lowest BCUT2D eigenvalue weighted by Crippen LogP contribution is -2.44. The van der Waals surface area contributed by atoms with Gasteiger partial charge in [-0.2, -0.15) is 0 Å². The largest absolute Gasteiger partial charge is 0.368 e. The first-order valence-electron chi connectivity index (χ1n) is 5.22. The molecular formula is C11H16FN3. The average Bonchev–Trinajstić information content (AvgIpc) is 2.23. The molecule has 0 aromatic carbocycles. The van der Waals surface area contributed by atoms with Gasteiger partial charge in [0.25, 0.3) is 0 Å². The minimum atomic E-state index is -0.216. The summed E-state index contributed by atoms with van der Waals surface area (Å²) in [7, 11) is 2.10. The van der Waals surface area contributed by atoms with E-state index in [1.807, 2.05) is 0 Å². The molecule has 0 spiro atoms. The van der Waals surface area contributed by atoms with E-state index in [9.17, 15) is 4.39 Å². The summed E-state index contributed by atoms with van der Waals surface area (Å²) in [5.74, 6) is -0.216. The predicted molar refractivity (Wildman–Crippen MR) is 58.6 cm³/mol. The van der Waals surface area contributed by atoms with Gasteiger partial charge in [-0.3, -0.25) is 4.98 Å². The van der Waals surface area contributed by atoms with Gasteiger partial charge in [0, 0.05) is 32.2 Å². The molecule has 0 unspecified atom stereocenters. The van der Waals surface area contributed by atoms with Crippen LogP contribution in [0.2, 0.25) is 0 Å². The number of anilines is 1. The van der Waals surface area contributed by atoms with Crippen LogP contribution in [0.15, 0.2) is 12.3 Å². The standard InChI is InChI=1S/C11H16FN3/c1-9-11(12)7-10(8-13-9)15-5-3-14(2)4-6-15/h7-8H,3-6H2,1-2H3. The molecule has 0 saturated carbocycles. The van der Waals surface area contributed by atoms with Gasteiger partial charge in [-0.05, 0) is 14.0 Å². The van der Waals surface area contributed by atoms with Crippen molar-refractivity contribution in [2.45, 2.75) is 6.92 Å². The highest BCUT2D eigenvalue weighted by Crippen LogP contribution is 2.17. The number of halogens is 1. The van der Waals surface area contributed by atoms with E-state index in [0.717, 1.165) is 31.9 Å². The zero-order valence-electron chi connectivity index (χ0n) is 9.20.